The van der Waals surface area contributed by atoms with Crippen LogP contribution in [0.3, 0.4) is 0 Å². The van der Waals surface area contributed by atoms with Crippen molar-refractivity contribution < 1.29 is 19.1 Å². The third-order valence-electron chi connectivity index (χ3n) is 8.87. The van der Waals surface area contributed by atoms with Gasteiger partial charge >= 0.3 is 0 Å². The standard InChI is InChI=1S/C42H50N2O4/c1-3-5-7-9-11-13-29-47-33-25-21-31(22-26-33)43-37-19-15-17-35-39(37)41(45)36-18-16-20-38(40(36)42(35)46)44-32-23-27-34(28-24-32)48-30-14-12-10-8-6-4-2/h15-28,43-44H,3-14,29-30H2,1-2H3. The van der Waals surface area contributed by atoms with Crippen molar-refractivity contribution in [2.24, 2.45) is 0 Å². The van der Waals surface area contributed by atoms with E-state index in [1.807, 2.05) is 72.8 Å². The highest BCUT2D eigenvalue weighted by atomic mass is 16.5. The Balaban J connectivity index is 1.21. The summed E-state index contributed by atoms with van der Waals surface area (Å²) in [7, 11) is 0. The predicted octanol–water partition coefficient (Wildman–Crippen LogP) is 11.4. The number of benzene rings is 4. The summed E-state index contributed by atoms with van der Waals surface area (Å²) < 4.78 is 11.9. The molecular weight excluding hydrogens is 596 g/mol. The molecule has 0 saturated carbocycles. The lowest BCUT2D eigenvalue weighted by Gasteiger charge is -2.23. The van der Waals surface area contributed by atoms with E-state index in [4.69, 9.17) is 9.47 Å². The van der Waals surface area contributed by atoms with Gasteiger partial charge in [0.1, 0.15) is 11.5 Å². The normalized spacial score (nSPS) is 12.0. The molecule has 0 aromatic heterocycles. The molecule has 0 atom stereocenters. The van der Waals surface area contributed by atoms with Crippen LogP contribution in [-0.4, -0.2) is 24.8 Å². The van der Waals surface area contributed by atoms with Crippen molar-refractivity contribution in [3.63, 3.8) is 0 Å². The fraction of sp³-hybridized carbons (Fsp3) is 0.381. The zero-order chi connectivity index (χ0) is 33.6. The Morgan fingerprint density at radius 3 is 1.23 bits per heavy atom. The molecule has 5 rings (SSSR count). The van der Waals surface area contributed by atoms with Gasteiger partial charge in [-0.2, -0.15) is 0 Å². The van der Waals surface area contributed by atoms with E-state index in [9.17, 15) is 9.59 Å². The van der Waals surface area contributed by atoms with Gasteiger partial charge in [0.05, 0.1) is 35.7 Å². The Labute approximate surface area is 286 Å². The molecule has 6 heteroatoms. The van der Waals surface area contributed by atoms with Gasteiger partial charge in [0.15, 0.2) is 11.6 Å². The fourth-order valence-electron chi connectivity index (χ4n) is 6.17. The molecule has 0 saturated heterocycles. The lowest BCUT2D eigenvalue weighted by Crippen LogP contribution is -2.23. The van der Waals surface area contributed by atoms with E-state index < -0.39 is 0 Å². The Morgan fingerprint density at radius 2 is 0.833 bits per heavy atom. The van der Waals surface area contributed by atoms with Crippen LogP contribution < -0.4 is 20.1 Å². The van der Waals surface area contributed by atoms with E-state index >= 15 is 0 Å². The summed E-state index contributed by atoms with van der Waals surface area (Å²) in [6, 6.07) is 26.3. The van der Waals surface area contributed by atoms with Crippen molar-refractivity contribution in [1.82, 2.24) is 0 Å². The molecule has 1 aliphatic rings. The Kier molecular flexibility index (Phi) is 13.1. The van der Waals surface area contributed by atoms with E-state index in [1.54, 1.807) is 12.1 Å². The highest BCUT2D eigenvalue weighted by Gasteiger charge is 2.33. The topological polar surface area (TPSA) is 76.7 Å². The molecule has 4 aromatic carbocycles. The summed E-state index contributed by atoms with van der Waals surface area (Å²) in [5.74, 6) is 1.28. The molecule has 48 heavy (non-hydrogen) atoms. The summed E-state index contributed by atoms with van der Waals surface area (Å²) in [5.41, 5.74) is 4.41. The number of carbonyl (C=O) groups excluding carboxylic acids is 2. The van der Waals surface area contributed by atoms with E-state index in [0.29, 0.717) is 46.8 Å². The van der Waals surface area contributed by atoms with E-state index in [-0.39, 0.29) is 11.6 Å². The van der Waals surface area contributed by atoms with Crippen LogP contribution in [0.25, 0.3) is 0 Å². The summed E-state index contributed by atoms with van der Waals surface area (Å²) in [6.07, 6.45) is 14.7. The van der Waals surface area contributed by atoms with Crippen molar-refractivity contribution >= 4 is 34.3 Å². The van der Waals surface area contributed by atoms with Gasteiger partial charge in [-0.3, -0.25) is 9.59 Å². The monoisotopic (exact) mass is 646 g/mol. The maximum absolute atomic E-state index is 13.9. The van der Waals surface area contributed by atoms with Crippen LogP contribution in [0.4, 0.5) is 22.7 Å². The number of ketones is 2. The van der Waals surface area contributed by atoms with Gasteiger partial charge in [-0.15, -0.1) is 0 Å². The number of ether oxygens (including phenoxy) is 2. The van der Waals surface area contributed by atoms with Crippen LogP contribution in [0.2, 0.25) is 0 Å². The first-order valence-corrected chi connectivity index (χ1v) is 17.9. The number of unbranched alkanes of at least 4 members (excludes halogenated alkanes) is 10. The number of fused-ring (bicyclic) bond motifs is 2. The van der Waals surface area contributed by atoms with Gasteiger partial charge < -0.3 is 20.1 Å². The SMILES string of the molecule is CCCCCCCCOc1ccc(Nc2cccc3c2C(=O)c2cccc(Nc4ccc(OCCCCCCCC)cc4)c2C3=O)cc1. The van der Waals surface area contributed by atoms with Crippen LogP contribution in [0.15, 0.2) is 84.9 Å². The molecule has 0 unspecified atom stereocenters. The van der Waals surface area contributed by atoms with Crippen LogP contribution in [0.5, 0.6) is 11.5 Å². The molecule has 0 bridgehead atoms. The molecule has 6 nitrogen and oxygen atoms in total. The maximum atomic E-state index is 13.9. The molecule has 2 N–H and O–H groups in total. The third-order valence-corrected chi connectivity index (χ3v) is 8.87. The van der Waals surface area contributed by atoms with Crippen molar-refractivity contribution in [2.45, 2.75) is 90.9 Å². The fourth-order valence-corrected chi connectivity index (χ4v) is 6.17. The lowest BCUT2D eigenvalue weighted by molar-refractivity contribution is 0.0980. The number of hydrogen-bond donors (Lipinski definition) is 2. The largest absolute Gasteiger partial charge is 0.494 e. The van der Waals surface area contributed by atoms with E-state index in [2.05, 4.69) is 24.5 Å². The number of nitrogens with one attached hydrogen (secondary N) is 2. The van der Waals surface area contributed by atoms with E-state index in [0.717, 1.165) is 35.7 Å². The molecule has 252 valence electrons. The van der Waals surface area contributed by atoms with Gasteiger partial charge in [-0.1, -0.05) is 102 Å². The van der Waals surface area contributed by atoms with Gasteiger partial charge in [0.2, 0.25) is 0 Å². The highest BCUT2D eigenvalue weighted by Crippen LogP contribution is 2.37. The molecular formula is C42H50N2O4. The minimum atomic E-state index is -0.177. The Hall–Kier alpha value is -4.58. The molecule has 0 amide bonds. The van der Waals surface area contributed by atoms with Gasteiger partial charge in [0.25, 0.3) is 0 Å². The van der Waals surface area contributed by atoms with Gasteiger partial charge in [0, 0.05) is 22.5 Å². The zero-order valence-corrected chi connectivity index (χ0v) is 28.6. The molecule has 1 aliphatic carbocycles. The van der Waals surface area contributed by atoms with Crippen LogP contribution in [-0.2, 0) is 0 Å². The van der Waals surface area contributed by atoms with Crippen molar-refractivity contribution in [1.29, 1.82) is 0 Å². The van der Waals surface area contributed by atoms with Crippen molar-refractivity contribution in [2.75, 3.05) is 23.8 Å². The summed E-state index contributed by atoms with van der Waals surface area (Å²) in [4.78, 5) is 27.9. The minimum absolute atomic E-state index is 0.177. The van der Waals surface area contributed by atoms with Crippen LogP contribution in [0.1, 0.15) is 123 Å². The summed E-state index contributed by atoms with van der Waals surface area (Å²) in [5, 5.41) is 6.74. The Bertz CT molecular complexity index is 1510. The first-order chi connectivity index (χ1) is 23.6. The number of rotatable bonds is 20. The van der Waals surface area contributed by atoms with E-state index in [1.165, 1.54) is 64.2 Å². The smallest absolute Gasteiger partial charge is 0.196 e. The second-order valence-corrected chi connectivity index (χ2v) is 12.6. The molecule has 0 spiro atoms. The minimum Gasteiger partial charge on any atom is -0.494 e. The maximum Gasteiger partial charge on any atom is 0.196 e. The number of carbonyl (C=O) groups is 2. The molecule has 0 heterocycles. The van der Waals surface area contributed by atoms with Crippen LogP contribution >= 0.6 is 0 Å². The van der Waals surface area contributed by atoms with Gasteiger partial charge in [-0.25, -0.2) is 0 Å². The lowest BCUT2D eigenvalue weighted by atomic mass is 9.82. The summed E-state index contributed by atoms with van der Waals surface area (Å²) in [6.45, 7) is 5.87. The quantitative estimate of drug-likeness (QED) is 0.0820. The molecule has 0 aliphatic heterocycles. The first kappa shape index (κ1) is 34.7. The third kappa shape index (κ3) is 9.27. The van der Waals surface area contributed by atoms with Crippen molar-refractivity contribution in [3.8, 4) is 11.5 Å². The second-order valence-electron chi connectivity index (χ2n) is 12.6. The molecule has 0 radical (unpaired) electrons. The van der Waals surface area contributed by atoms with Crippen LogP contribution in [0, 0.1) is 0 Å². The van der Waals surface area contributed by atoms with Crippen molar-refractivity contribution in [3.05, 3.63) is 107 Å². The average molecular weight is 647 g/mol. The number of anilines is 4. The number of hydrogen-bond acceptors (Lipinski definition) is 6. The second kappa shape index (κ2) is 18.1. The average Bonchev–Trinajstić information content (AvgIpc) is 3.11. The summed E-state index contributed by atoms with van der Waals surface area (Å²) >= 11 is 0. The highest BCUT2D eigenvalue weighted by molar-refractivity contribution is 6.32. The van der Waals surface area contributed by atoms with Gasteiger partial charge in [-0.05, 0) is 73.5 Å². The Morgan fingerprint density at radius 1 is 0.458 bits per heavy atom. The zero-order valence-electron chi connectivity index (χ0n) is 28.6. The first-order valence-electron chi connectivity index (χ1n) is 17.9. The predicted molar refractivity (Wildman–Crippen MR) is 197 cm³/mol. The molecule has 4 aromatic rings. The molecule has 0 fully saturated rings.